The van der Waals surface area contributed by atoms with Gasteiger partial charge >= 0.3 is 0 Å². The van der Waals surface area contributed by atoms with E-state index in [9.17, 15) is 0 Å². The van der Waals surface area contributed by atoms with Gasteiger partial charge in [-0.2, -0.15) is 0 Å². The summed E-state index contributed by atoms with van der Waals surface area (Å²) in [5, 5.41) is 0. The first kappa shape index (κ1) is 16.5. The van der Waals surface area contributed by atoms with Crippen LogP contribution < -0.4 is 0 Å². The smallest absolute Gasteiger partial charge is 0.0542 e. The van der Waals surface area contributed by atoms with E-state index in [0.29, 0.717) is 0 Å². The topological polar surface area (TPSA) is 0 Å². The SMILES string of the molecule is C[Si](C)(C/C=C/C[Si](C)(C)C1CCCC1)C1CCCC1. The van der Waals surface area contributed by atoms with Gasteiger partial charge < -0.3 is 0 Å². The highest BCUT2D eigenvalue weighted by Gasteiger charge is 2.34. The average molecular weight is 309 g/mol. The molecule has 0 aromatic rings. The Morgan fingerprint density at radius 3 is 1.25 bits per heavy atom. The van der Waals surface area contributed by atoms with Gasteiger partial charge in [-0.25, -0.2) is 0 Å². The summed E-state index contributed by atoms with van der Waals surface area (Å²) < 4.78 is 0. The maximum Gasteiger partial charge on any atom is 0.0542 e. The van der Waals surface area contributed by atoms with E-state index in [0.717, 1.165) is 11.1 Å². The van der Waals surface area contributed by atoms with Crippen LogP contribution in [0.1, 0.15) is 51.4 Å². The average Bonchev–Trinajstić information content (AvgIpc) is 3.05. The van der Waals surface area contributed by atoms with Gasteiger partial charge in [0.2, 0.25) is 0 Å². The van der Waals surface area contributed by atoms with E-state index in [1.807, 2.05) is 0 Å². The summed E-state index contributed by atoms with van der Waals surface area (Å²) in [6, 6.07) is 2.87. The second-order valence-electron chi connectivity index (χ2n) is 8.82. The fourth-order valence-electron chi connectivity index (χ4n) is 4.52. The number of rotatable bonds is 6. The lowest BCUT2D eigenvalue weighted by Gasteiger charge is -2.29. The van der Waals surface area contributed by atoms with Crippen LogP contribution in [0.4, 0.5) is 0 Å². The Balaban J connectivity index is 1.77. The van der Waals surface area contributed by atoms with Crippen LogP contribution in [0.5, 0.6) is 0 Å². The largest absolute Gasteiger partial charge is 0.0915 e. The first-order chi connectivity index (χ1) is 9.42. The van der Waals surface area contributed by atoms with Gasteiger partial charge in [0, 0.05) is 0 Å². The molecule has 0 saturated heterocycles. The minimum absolute atomic E-state index is 0.969. The molecule has 0 aromatic heterocycles. The molecule has 0 aliphatic heterocycles. The molecular formula is C18H36Si2. The molecule has 0 unspecified atom stereocenters. The van der Waals surface area contributed by atoms with Crippen LogP contribution in [0.15, 0.2) is 12.2 Å². The molecule has 2 rings (SSSR count). The Labute approximate surface area is 129 Å². The predicted molar refractivity (Wildman–Crippen MR) is 98.2 cm³/mol. The fourth-order valence-corrected chi connectivity index (χ4v) is 10.7. The first-order valence-corrected chi connectivity index (χ1v) is 15.6. The highest BCUT2D eigenvalue weighted by Crippen LogP contribution is 2.42. The summed E-state index contributed by atoms with van der Waals surface area (Å²) in [5.41, 5.74) is 2.24. The van der Waals surface area contributed by atoms with Crippen molar-refractivity contribution in [3.8, 4) is 0 Å². The van der Waals surface area contributed by atoms with Gasteiger partial charge in [-0.3, -0.25) is 0 Å². The zero-order valence-corrected chi connectivity index (χ0v) is 16.4. The monoisotopic (exact) mass is 308 g/mol. The predicted octanol–water partition coefficient (Wildman–Crippen LogP) is 6.85. The molecule has 20 heavy (non-hydrogen) atoms. The molecule has 0 amide bonds. The van der Waals surface area contributed by atoms with Crippen molar-refractivity contribution in [1.82, 2.24) is 0 Å². The second-order valence-corrected chi connectivity index (χ2v) is 19.2. The third kappa shape index (κ3) is 4.33. The minimum Gasteiger partial charge on any atom is -0.0915 e. The quantitative estimate of drug-likeness (QED) is 0.372. The van der Waals surface area contributed by atoms with Crippen molar-refractivity contribution >= 4 is 16.1 Å². The van der Waals surface area contributed by atoms with Crippen LogP contribution in [0.2, 0.25) is 49.4 Å². The Morgan fingerprint density at radius 2 is 0.950 bits per heavy atom. The molecule has 2 aliphatic rings. The molecule has 2 aliphatic carbocycles. The van der Waals surface area contributed by atoms with Crippen molar-refractivity contribution in [2.75, 3.05) is 0 Å². The van der Waals surface area contributed by atoms with Gasteiger partial charge in [0.15, 0.2) is 0 Å². The number of hydrogen-bond donors (Lipinski definition) is 0. The van der Waals surface area contributed by atoms with E-state index >= 15 is 0 Å². The van der Waals surface area contributed by atoms with Gasteiger partial charge in [-0.05, 0) is 23.2 Å². The van der Waals surface area contributed by atoms with Crippen molar-refractivity contribution in [2.24, 2.45) is 0 Å². The number of allylic oxidation sites excluding steroid dienone is 2. The maximum atomic E-state index is 2.63. The molecule has 0 aromatic carbocycles. The van der Waals surface area contributed by atoms with Crippen LogP contribution in [0.25, 0.3) is 0 Å². The lowest BCUT2D eigenvalue weighted by Crippen LogP contribution is -2.31. The van der Waals surface area contributed by atoms with E-state index in [1.165, 1.54) is 63.5 Å². The fraction of sp³-hybridized carbons (Fsp3) is 0.889. The summed E-state index contributed by atoms with van der Waals surface area (Å²) in [6.07, 6.45) is 17.4. The Bertz CT molecular complexity index is 286. The summed E-state index contributed by atoms with van der Waals surface area (Å²) in [5.74, 6) is 0. The molecule has 2 heteroatoms. The highest BCUT2D eigenvalue weighted by molar-refractivity contribution is 6.80. The standard InChI is InChI=1S/C18H36Si2/c1-19(2,17-11-5-6-12-17)15-9-10-16-20(3,4)18-13-7-8-14-18/h9-10,17-18H,5-8,11-16H2,1-4H3/b10-9+. The molecule has 0 N–H and O–H groups in total. The van der Waals surface area contributed by atoms with Gasteiger partial charge in [0.05, 0.1) is 16.1 Å². The van der Waals surface area contributed by atoms with Gasteiger partial charge in [0.25, 0.3) is 0 Å². The van der Waals surface area contributed by atoms with Crippen LogP contribution in [-0.4, -0.2) is 16.1 Å². The molecule has 0 radical (unpaired) electrons. The Hall–Kier alpha value is 0.174. The van der Waals surface area contributed by atoms with Crippen molar-refractivity contribution < 1.29 is 0 Å². The molecule has 2 fully saturated rings. The third-order valence-corrected chi connectivity index (χ3v) is 14.5. The molecular weight excluding hydrogens is 272 g/mol. The molecule has 0 bridgehead atoms. The molecule has 0 nitrogen and oxygen atoms in total. The third-order valence-electron chi connectivity index (χ3n) is 6.38. The summed E-state index contributed by atoms with van der Waals surface area (Å²) >= 11 is 0. The van der Waals surface area contributed by atoms with E-state index in [1.54, 1.807) is 0 Å². The van der Waals surface area contributed by atoms with E-state index < -0.39 is 16.1 Å². The summed E-state index contributed by atoms with van der Waals surface area (Å²) in [4.78, 5) is 0. The van der Waals surface area contributed by atoms with E-state index in [4.69, 9.17) is 0 Å². The zero-order valence-electron chi connectivity index (χ0n) is 14.4. The van der Waals surface area contributed by atoms with E-state index in [-0.39, 0.29) is 0 Å². The van der Waals surface area contributed by atoms with Crippen molar-refractivity contribution in [1.29, 1.82) is 0 Å². The van der Waals surface area contributed by atoms with Gasteiger partial charge in [-0.1, -0.05) is 89.7 Å². The lowest BCUT2D eigenvalue weighted by atomic mass is 10.4. The second kappa shape index (κ2) is 6.96. The summed E-state index contributed by atoms with van der Waals surface area (Å²) in [7, 11) is -1.94. The van der Waals surface area contributed by atoms with E-state index in [2.05, 4.69) is 38.3 Å². The van der Waals surface area contributed by atoms with Crippen molar-refractivity contribution in [2.45, 2.75) is 101 Å². The molecule has 0 heterocycles. The highest BCUT2D eigenvalue weighted by atomic mass is 28.3. The Kier molecular flexibility index (Phi) is 5.75. The first-order valence-electron chi connectivity index (χ1n) is 9.07. The molecule has 116 valence electrons. The van der Waals surface area contributed by atoms with Crippen LogP contribution in [0.3, 0.4) is 0 Å². The Morgan fingerprint density at radius 1 is 0.650 bits per heavy atom. The van der Waals surface area contributed by atoms with Gasteiger partial charge in [-0.15, -0.1) is 0 Å². The van der Waals surface area contributed by atoms with Crippen LogP contribution in [-0.2, 0) is 0 Å². The van der Waals surface area contributed by atoms with Crippen LogP contribution >= 0.6 is 0 Å². The summed E-state index contributed by atoms with van der Waals surface area (Å²) in [6.45, 7) is 10.5. The van der Waals surface area contributed by atoms with Crippen LogP contribution in [0, 0.1) is 0 Å². The molecule has 0 spiro atoms. The minimum atomic E-state index is -0.969. The lowest BCUT2D eigenvalue weighted by molar-refractivity contribution is 0.832. The van der Waals surface area contributed by atoms with Gasteiger partial charge in [0.1, 0.15) is 0 Å². The maximum absolute atomic E-state index is 2.63. The molecule has 2 saturated carbocycles. The number of hydrogen-bond acceptors (Lipinski definition) is 0. The van der Waals surface area contributed by atoms with Crippen molar-refractivity contribution in [3.63, 3.8) is 0 Å². The zero-order chi connectivity index (χ0) is 14.6. The van der Waals surface area contributed by atoms with Crippen molar-refractivity contribution in [3.05, 3.63) is 12.2 Å². The normalized spacial score (nSPS) is 23.2. The molecule has 0 atom stereocenters.